The Hall–Kier alpha value is -1.16. The summed E-state index contributed by atoms with van der Waals surface area (Å²) in [6.45, 7) is 13.5. The minimum atomic E-state index is -0.684. The van der Waals surface area contributed by atoms with Gasteiger partial charge in [-0.15, -0.1) is 0 Å². The Morgan fingerprint density at radius 3 is 2.29 bits per heavy atom. The molecule has 0 radical (unpaired) electrons. The van der Waals surface area contributed by atoms with Crippen molar-refractivity contribution in [3.63, 3.8) is 0 Å². The smallest absolute Gasteiger partial charge is 0.309 e. The van der Waals surface area contributed by atoms with Gasteiger partial charge in [-0.3, -0.25) is 9.59 Å². The third kappa shape index (κ3) is 2.20. The fourth-order valence-corrected chi connectivity index (χ4v) is 11.2. The first kappa shape index (κ1) is 23.3. The number of carbonyl (C=O) groups is 2. The molecule has 0 aromatic heterocycles. The number of carboxylic acids is 1. The number of carbonyl (C=O) groups excluding carboxylic acids is 1. The van der Waals surface area contributed by atoms with Crippen molar-refractivity contribution in [1.29, 1.82) is 0 Å². The molecule has 0 aromatic rings. The summed E-state index contributed by atoms with van der Waals surface area (Å²) in [5.41, 5.74) is 1.87. The van der Waals surface area contributed by atoms with Gasteiger partial charge in [0, 0.05) is 16.9 Å². The third-order valence-corrected chi connectivity index (χ3v) is 13.5. The highest BCUT2D eigenvalue weighted by Gasteiger charge is 2.83. The zero-order chi connectivity index (χ0) is 24.7. The Morgan fingerprint density at radius 2 is 1.65 bits per heavy atom. The van der Waals surface area contributed by atoms with E-state index in [0.717, 1.165) is 63.4 Å². The molecule has 9 atom stereocenters. The molecule has 34 heavy (non-hydrogen) atoms. The minimum absolute atomic E-state index is 0.000995. The minimum Gasteiger partial charge on any atom is -0.481 e. The second-order valence-corrected chi connectivity index (χ2v) is 14.7. The second kappa shape index (κ2) is 6.39. The third-order valence-electron chi connectivity index (χ3n) is 13.5. The van der Waals surface area contributed by atoms with Crippen LogP contribution in [0.1, 0.15) is 106 Å². The average Bonchev–Trinajstić information content (AvgIpc) is 2.78. The van der Waals surface area contributed by atoms with Gasteiger partial charge in [-0.05, 0) is 105 Å². The molecule has 5 saturated carbocycles. The van der Waals surface area contributed by atoms with Crippen molar-refractivity contribution in [3.8, 4) is 0 Å². The average molecular weight is 469 g/mol. The van der Waals surface area contributed by atoms with Gasteiger partial charge in [-0.1, -0.05) is 40.2 Å². The molecule has 0 aliphatic heterocycles. The number of aliphatic hydroxyl groups is 1. The van der Waals surface area contributed by atoms with E-state index in [1.54, 1.807) is 0 Å². The molecule has 1 spiro atoms. The zero-order valence-electron chi connectivity index (χ0n) is 22.1. The van der Waals surface area contributed by atoms with Gasteiger partial charge in [-0.2, -0.15) is 0 Å². The molecule has 0 amide bonds. The van der Waals surface area contributed by atoms with Gasteiger partial charge < -0.3 is 10.2 Å². The monoisotopic (exact) mass is 468 g/mol. The van der Waals surface area contributed by atoms with Crippen LogP contribution in [0.4, 0.5) is 0 Å². The maximum absolute atomic E-state index is 14.2. The van der Waals surface area contributed by atoms with E-state index < -0.39 is 11.4 Å². The van der Waals surface area contributed by atoms with Crippen LogP contribution in [0, 0.1) is 50.2 Å². The predicted molar refractivity (Wildman–Crippen MR) is 131 cm³/mol. The number of aliphatic carboxylic acids is 1. The summed E-state index contributed by atoms with van der Waals surface area (Å²) in [4.78, 5) is 26.4. The number of Topliss-reactive ketones (excluding diaryl/α,β-unsaturated/α-hetero) is 1. The van der Waals surface area contributed by atoms with Crippen molar-refractivity contribution >= 4 is 11.8 Å². The molecular weight excluding hydrogens is 424 g/mol. The first-order valence-corrected chi connectivity index (χ1v) is 14.0. The molecule has 188 valence electrons. The summed E-state index contributed by atoms with van der Waals surface area (Å²) >= 11 is 0. The molecule has 2 N–H and O–H groups in total. The molecule has 4 heteroatoms. The Morgan fingerprint density at radius 1 is 0.971 bits per heavy atom. The number of ketones is 1. The molecule has 0 saturated heterocycles. The van der Waals surface area contributed by atoms with E-state index in [1.165, 1.54) is 5.57 Å². The lowest BCUT2D eigenvalue weighted by Crippen LogP contribution is -2.78. The molecule has 6 aliphatic carbocycles. The SMILES string of the molecule is CC[C@@]12CC[C@H](O)C(C)(C)[C@H]1CC[C@]13C(=C4[C@H]5C[C@@](C)(C(=O)O)CC[C@@]5(C)CC[C@@]41C)C(=O)[C@@H]23. The molecule has 6 rings (SSSR count). The van der Waals surface area contributed by atoms with E-state index in [9.17, 15) is 19.8 Å². The number of aliphatic hydroxyl groups excluding tert-OH is 1. The van der Waals surface area contributed by atoms with Crippen LogP contribution in [-0.4, -0.2) is 28.1 Å². The van der Waals surface area contributed by atoms with Crippen molar-refractivity contribution in [2.24, 2.45) is 50.2 Å². The number of hydrogen-bond donors (Lipinski definition) is 2. The fraction of sp³-hybridized carbons (Fsp3) is 0.867. The molecular formula is C30H44O4. The highest BCUT2D eigenvalue weighted by atomic mass is 16.4. The molecule has 0 unspecified atom stereocenters. The summed E-state index contributed by atoms with van der Waals surface area (Å²) in [7, 11) is 0. The van der Waals surface area contributed by atoms with Crippen molar-refractivity contribution in [2.45, 2.75) is 112 Å². The van der Waals surface area contributed by atoms with Crippen LogP contribution < -0.4 is 0 Å². The van der Waals surface area contributed by atoms with E-state index in [4.69, 9.17) is 0 Å². The van der Waals surface area contributed by atoms with E-state index in [-0.39, 0.29) is 45.0 Å². The van der Waals surface area contributed by atoms with Crippen LogP contribution in [0.25, 0.3) is 0 Å². The lowest BCUT2D eigenvalue weighted by Gasteiger charge is -2.80. The number of rotatable bonds is 2. The van der Waals surface area contributed by atoms with Crippen LogP contribution in [0.2, 0.25) is 0 Å². The van der Waals surface area contributed by atoms with Crippen molar-refractivity contribution in [1.82, 2.24) is 0 Å². The van der Waals surface area contributed by atoms with E-state index >= 15 is 0 Å². The van der Waals surface area contributed by atoms with Crippen LogP contribution in [-0.2, 0) is 9.59 Å². The highest BCUT2D eigenvalue weighted by molar-refractivity contribution is 6.11. The number of hydrogen-bond acceptors (Lipinski definition) is 3. The van der Waals surface area contributed by atoms with Crippen LogP contribution in [0.5, 0.6) is 0 Å². The van der Waals surface area contributed by atoms with Crippen molar-refractivity contribution in [2.75, 3.05) is 0 Å². The van der Waals surface area contributed by atoms with Crippen LogP contribution in [0.3, 0.4) is 0 Å². The lowest BCUT2D eigenvalue weighted by molar-refractivity contribution is -0.234. The lowest BCUT2D eigenvalue weighted by atomic mass is 9.22. The van der Waals surface area contributed by atoms with E-state index in [0.29, 0.717) is 18.1 Å². The molecule has 6 aliphatic rings. The fourth-order valence-electron chi connectivity index (χ4n) is 11.2. The van der Waals surface area contributed by atoms with Gasteiger partial charge >= 0.3 is 5.97 Å². The van der Waals surface area contributed by atoms with Crippen molar-refractivity contribution < 1.29 is 19.8 Å². The Bertz CT molecular complexity index is 1020. The summed E-state index contributed by atoms with van der Waals surface area (Å²) in [5, 5.41) is 20.9. The van der Waals surface area contributed by atoms with Crippen LogP contribution in [0.15, 0.2) is 11.1 Å². The topological polar surface area (TPSA) is 74.6 Å². The first-order chi connectivity index (χ1) is 15.8. The van der Waals surface area contributed by atoms with Gasteiger partial charge in [0.25, 0.3) is 0 Å². The molecule has 5 fully saturated rings. The highest BCUT2D eigenvalue weighted by Crippen LogP contribution is 2.86. The van der Waals surface area contributed by atoms with Gasteiger partial charge in [-0.25, -0.2) is 0 Å². The molecule has 0 bridgehead atoms. The largest absolute Gasteiger partial charge is 0.481 e. The maximum Gasteiger partial charge on any atom is 0.309 e. The Kier molecular flexibility index (Phi) is 4.37. The summed E-state index contributed by atoms with van der Waals surface area (Å²) in [6.07, 6.45) is 9.34. The summed E-state index contributed by atoms with van der Waals surface area (Å²) in [6, 6.07) is 0. The van der Waals surface area contributed by atoms with Crippen LogP contribution >= 0.6 is 0 Å². The first-order valence-electron chi connectivity index (χ1n) is 14.0. The number of fused-ring (bicyclic) bond motifs is 5. The standard InChI is InChI=1S/C30H44O4/c1-7-29-10-9-19(31)25(2,3)18(29)8-11-30-21(22(32)23(29)30)20-17-16-27(5,24(33)34)13-12-26(17,4)14-15-28(20,30)6/h17-19,23,31H,7-16H2,1-6H3,(H,33,34)/t17-,18-,19+,23+,26+,27+,28+,29-,30-/m1/s1. The Balaban J connectivity index is 1.47. The van der Waals surface area contributed by atoms with Gasteiger partial charge in [0.1, 0.15) is 0 Å². The van der Waals surface area contributed by atoms with Gasteiger partial charge in [0.15, 0.2) is 5.78 Å². The number of allylic oxidation sites excluding steroid dienone is 2. The quantitative estimate of drug-likeness (QED) is 0.508. The maximum atomic E-state index is 14.2. The van der Waals surface area contributed by atoms with Crippen molar-refractivity contribution in [3.05, 3.63) is 11.1 Å². The zero-order valence-corrected chi connectivity index (χ0v) is 22.1. The summed E-state index contributed by atoms with van der Waals surface area (Å²) < 4.78 is 0. The predicted octanol–water partition coefficient (Wildman–Crippen LogP) is 6.17. The second-order valence-electron chi connectivity index (χ2n) is 14.7. The summed E-state index contributed by atoms with van der Waals surface area (Å²) in [5.74, 6) is 0.441. The molecule has 4 nitrogen and oxygen atoms in total. The molecule has 0 aromatic carbocycles. The van der Waals surface area contributed by atoms with Gasteiger partial charge in [0.05, 0.1) is 11.5 Å². The normalized spacial score (nSPS) is 55.0. The van der Waals surface area contributed by atoms with Gasteiger partial charge in [0.2, 0.25) is 0 Å². The van der Waals surface area contributed by atoms with E-state index in [2.05, 4.69) is 34.6 Å². The number of carboxylic acid groups (broad SMARTS) is 1. The Labute approximate surface area is 205 Å². The van der Waals surface area contributed by atoms with E-state index in [1.807, 2.05) is 6.92 Å². The molecule has 0 heterocycles.